The predicted molar refractivity (Wildman–Crippen MR) is 85.7 cm³/mol. The molecule has 4 bridgehead atoms. The summed E-state index contributed by atoms with van der Waals surface area (Å²) in [6.07, 6.45) is 9.82. The molecule has 120 valence electrons. The Kier molecular flexibility index (Phi) is 2.53. The number of fused-ring (bicyclic) bond motifs is 1. The monoisotopic (exact) mass is 311 g/mol. The number of carbonyl (C=O) groups excluding carboxylic acids is 1. The number of imidazole rings is 1. The van der Waals surface area contributed by atoms with E-state index in [0.29, 0.717) is 28.6 Å². The minimum absolute atomic E-state index is 0.0462. The molecule has 6 nitrogen and oxygen atoms in total. The molecule has 4 fully saturated rings. The van der Waals surface area contributed by atoms with Gasteiger partial charge >= 0.3 is 0 Å². The standard InChI is InChI=1S/C17H21N5O/c18-16-4-10-3-11(5-16)7-17(6-10,8-16)22-15(23)12-1-2-19-14-13(12)20-9-21-14/h1-2,9-11H,3-8,18H2,(H,22,23)(H,19,20,21). The lowest BCUT2D eigenvalue weighted by atomic mass is 9.50. The molecule has 6 rings (SSSR count). The van der Waals surface area contributed by atoms with E-state index in [1.807, 2.05) is 0 Å². The van der Waals surface area contributed by atoms with Gasteiger partial charge < -0.3 is 16.0 Å². The largest absolute Gasteiger partial charge is 0.346 e. The van der Waals surface area contributed by atoms with Crippen LogP contribution < -0.4 is 11.1 Å². The van der Waals surface area contributed by atoms with Gasteiger partial charge in [-0.15, -0.1) is 0 Å². The van der Waals surface area contributed by atoms with Gasteiger partial charge in [0.15, 0.2) is 5.65 Å². The third kappa shape index (κ3) is 2.01. The van der Waals surface area contributed by atoms with Crippen LogP contribution in [0.1, 0.15) is 48.9 Å². The van der Waals surface area contributed by atoms with Crippen LogP contribution in [-0.2, 0) is 0 Å². The molecule has 23 heavy (non-hydrogen) atoms. The van der Waals surface area contributed by atoms with Crippen molar-refractivity contribution >= 4 is 17.1 Å². The number of nitrogens with two attached hydrogens (primary N) is 1. The lowest BCUT2D eigenvalue weighted by Crippen LogP contribution is -2.68. The van der Waals surface area contributed by atoms with Gasteiger partial charge in [-0.05, 0) is 56.4 Å². The third-order valence-electron chi connectivity index (χ3n) is 6.05. The molecule has 4 aliphatic rings. The Labute approximate surface area is 134 Å². The zero-order valence-electron chi connectivity index (χ0n) is 13.0. The highest BCUT2D eigenvalue weighted by molar-refractivity contribution is 6.04. The van der Waals surface area contributed by atoms with Crippen molar-refractivity contribution in [3.63, 3.8) is 0 Å². The molecule has 2 unspecified atom stereocenters. The summed E-state index contributed by atoms with van der Waals surface area (Å²) < 4.78 is 0. The number of H-pyrrole nitrogens is 1. The molecule has 2 aromatic heterocycles. The zero-order chi connectivity index (χ0) is 15.7. The Morgan fingerprint density at radius 3 is 2.78 bits per heavy atom. The molecule has 0 saturated heterocycles. The summed E-state index contributed by atoms with van der Waals surface area (Å²) in [5.41, 5.74) is 8.30. The fourth-order valence-corrected chi connectivity index (χ4v) is 5.82. The van der Waals surface area contributed by atoms with Gasteiger partial charge in [-0.3, -0.25) is 4.79 Å². The van der Waals surface area contributed by atoms with E-state index < -0.39 is 0 Å². The van der Waals surface area contributed by atoms with Crippen molar-refractivity contribution in [2.75, 3.05) is 0 Å². The van der Waals surface area contributed by atoms with Crippen LogP contribution in [0.5, 0.6) is 0 Å². The first-order chi connectivity index (χ1) is 11.0. The number of amides is 1. The highest BCUT2D eigenvalue weighted by atomic mass is 16.1. The molecular formula is C17H21N5O. The lowest BCUT2D eigenvalue weighted by molar-refractivity contribution is -0.0320. The van der Waals surface area contributed by atoms with Crippen molar-refractivity contribution < 1.29 is 4.79 Å². The van der Waals surface area contributed by atoms with Gasteiger partial charge in [0.05, 0.1) is 11.9 Å². The Balaban J connectivity index is 1.47. The van der Waals surface area contributed by atoms with Gasteiger partial charge in [0.2, 0.25) is 0 Å². The topological polar surface area (TPSA) is 96.7 Å². The van der Waals surface area contributed by atoms with Gasteiger partial charge in [0.1, 0.15) is 5.52 Å². The summed E-state index contributed by atoms with van der Waals surface area (Å²) in [6.45, 7) is 0. The molecular weight excluding hydrogens is 290 g/mol. The van der Waals surface area contributed by atoms with E-state index in [1.54, 1.807) is 18.6 Å². The number of nitrogens with zero attached hydrogens (tertiary/aromatic N) is 2. The maximum atomic E-state index is 12.9. The first kappa shape index (κ1) is 13.5. The highest BCUT2D eigenvalue weighted by Gasteiger charge is 2.56. The minimum Gasteiger partial charge on any atom is -0.346 e. The van der Waals surface area contributed by atoms with Gasteiger partial charge in [-0.1, -0.05) is 0 Å². The lowest BCUT2D eigenvalue weighted by Gasteiger charge is -2.61. The van der Waals surface area contributed by atoms with Crippen LogP contribution in [0.25, 0.3) is 11.2 Å². The van der Waals surface area contributed by atoms with Crippen molar-refractivity contribution in [1.29, 1.82) is 0 Å². The fourth-order valence-electron chi connectivity index (χ4n) is 5.82. The maximum absolute atomic E-state index is 12.9. The van der Waals surface area contributed by atoms with Crippen molar-refractivity contribution in [1.82, 2.24) is 20.3 Å². The van der Waals surface area contributed by atoms with Crippen LogP contribution in [0.3, 0.4) is 0 Å². The second kappa shape index (κ2) is 4.32. The molecule has 2 heterocycles. The normalized spacial score (nSPS) is 38.1. The van der Waals surface area contributed by atoms with E-state index in [0.717, 1.165) is 32.1 Å². The SMILES string of the molecule is NC12CC3CC(C1)CC(NC(=O)c1ccnc4[nH]cnc14)(C3)C2. The molecule has 0 aliphatic heterocycles. The Morgan fingerprint density at radius 2 is 2.04 bits per heavy atom. The predicted octanol–water partition coefficient (Wildman–Crippen LogP) is 1.74. The molecule has 1 amide bonds. The van der Waals surface area contributed by atoms with E-state index in [2.05, 4.69) is 20.3 Å². The Bertz CT molecular complexity index is 783. The van der Waals surface area contributed by atoms with Gasteiger partial charge in [0, 0.05) is 17.3 Å². The third-order valence-corrected chi connectivity index (χ3v) is 6.05. The molecule has 4 saturated carbocycles. The minimum atomic E-state index is -0.123. The summed E-state index contributed by atoms with van der Waals surface area (Å²) in [6, 6.07) is 1.75. The van der Waals surface area contributed by atoms with Crippen LogP contribution in [-0.4, -0.2) is 31.9 Å². The molecule has 4 N–H and O–H groups in total. The van der Waals surface area contributed by atoms with E-state index in [-0.39, 0.29) is 17.0 Å². The molecule has 2 aromatic rings. The number of hydrogen-bond acceptors (Lipinski definition) is 4. The van der Waals surface area contributed by atoms with Crippen LogP contribution in [0.15, 0.2) is 18.6 Å². The van der Waals surface area contributed by atoms with E-state index in [9.17, 15) is 4.79 Å². The average Bonchev–Trinajstić information content (AvgIpc) is 2.91. The quantitative estimate of drug-likeness (QED) is 0.787. The smallest absolute Gasteiger partial charge is 0.254 e. The van der Waals surface area contributed by atoms with Crippen molar-refractivity contribution in [2.24, 2.45) is 17.6 Å². The Hall–Kier alpha value is -1.95. The molecule has 6 heteroatoms. The van der Waals surface area contributed by atoms with Gasteiger partial charge in [-0.2, -0.15) is 0 Å². The number of rotatable bonds is 2. The summed E-state index contributed by atoms with van der Waals surface area (Å²) in [7, 11) is 0. The van der Waals surface area contributed by atoms with Crippen LogP contribution in [0.2, 0.25) is 0 Å². The highest BCUT2D eigenvalue weighted by Crippen LogP contribution is 2.56. The van der Waals surface area contributed by atoms with E-state index >= 15 is 0 Å². The molecule has 0 radical (unpaired) electrons. The number of hydrogen-bond donors (Lipinski definition) is 3. The number of carbonyl (C=O) groups is 1. The van der Waals surface area contributed by atoms with Crippen LogP contribution in [0, 0.1) is 11.8 Å². The van der Waals surface area contributed by atoms with Crippen LogP contribution in [0.4, 0.5) is 0 Å². The maximum Gasteiger partial charge on any atom is 0.254 e. The second-order valence-electron chi connectivity index (χ2n) is 8.02. The van der Waals surface area contributed by atoms with Gasteiger partial charge in [-0.25, -0.2) is 9.97 Å². The number of nitrogens with one attached hydrogen (secondary N) is 2. The summed E-state index contributed by atoms with van der Waals surface area (Å²) in [4.78, 5) is 24.3. The first-order valence-corrected chi connectivity index (χ1v) is 8.44. The van der Waals surface area contributed by atoms with Crippen molar-refractivity contribution in [3.05, 3.63) is 24.2 Å². The van der Waals surface area contributed by atoms with Crippen molar-refractivity contribution in [2.45, 2.75) is 49.6 Å². The Morgan fingerprint density at radius 1 is 1.26 bits per heavy atom. The number of pyridine rings is 1. The molecule has 0 aromatic carbocycles. The number of aromatic amines is 1. The summed E-state index contributed by atoms with van der Waals surface area (Å²) in [5.74, 6) is 1.30. The average molecular weight is 311 g/mol. The van der Waals surface area contributed by atoms with Gasteiger partial charge in [0.25, 0.3) is 5.91 Å². The molecule has 0 spiro atoms. The fraction of sp³-hybridized carbons (Fsp3) is 0.588. The number of aromatic nitrogens is 3. The van der Waals surface area contributed by atoms with Crippen molar-refractivity contribution in [3.8, 4) is 0 Å². The van der Waals surface area contributed by atoms with Crippen LogP contribution >= 0.6 is 0 Å². The summed E-state index contributed by atoms with van der Waals surface area (Å²) in [5, 5.41) is 3.35. The second-order valence-corrected chi connectivity index (χ2v) is 8.02. The first-order valence-electron chi connectivity index (χ1n) is 8.44. The molecule has 2 atom stereocenters. The zero-order valence-corrected chi connectivity index (χ0v) is 13.0. The van der Waals surface area contributed by atoms with E-state index in [1.165, 1.54) is 6.42 Å². The summed E-state index contributed by atoms with van der Waals surface area (Å²) >= 11 is 0. The molecule has 4 aliphatic carbocycles. The van der Waals surface area contributed by atoms with E-state index in [4.69, 9.17) is 5.73 Å².